The largest absolute Gasteiger partial charge is 0.324 e. The average Bonchev–Trinajstić information content (AvgIpc) is 2.46. The molecule has 21 heavy (non-hydrogen) atoms. The summed E-state index contributed by atoms with van der Waals surface area (Å²) in [5.41, 5.74) is 8.52. The second kappa shape index (κ2) is 7.74. The van der Waals surface area contributed by atoms with Crippen LogP contribution in [0.3, 0.4) is 0 Å². The van der Waals surface area contributed by atoms with Crippen LogP contribution in [0.5, 0.6) is 0 Å². The van der Waals surface area contributed by atoms with Gasteiger partial charge in [0, 0.05) is 21.6 Å². The van der Waals surface area contributed by atoms with E-state index in [-0.39, 0.29) is 24.2 Å². The quantitative estimate of drug-likeness (QED) is 0.791. The van der Waals surface area contributed by atoms with Crippen molar-refractivity contribution < 1.29 is 4.79 Å². The van der Waals surface area contributed by atoms with Crippen molar-refractivity contribution in [2.24, 2.45) is 11.7 Å². The highest BCUT2D eigenvalue weighted by Gasteiger charge is 2.14. The Balaban J connectivity index is 0.00000220. The lowest BCUT2D eigenvalue weighted by Gasteiger charge is -2.16. The second-order valence-electron chi connectivity index (χ2n) is 5.23. The van der Waals surface area contributed by atoms with Crippen molar-refractivity contribution in [3.8, 4) is 0 Å². The number of halogens is 2. The smallest absolute Gasteiger partial charge is 0.193 e. The predicted molar refractivity (Wildman–Crippen MR) is 93.0 cm³/mol. The van der Waals surface area contributed by atoms with Crippen molar-refractivity contribution in [2.45, 2.75) is 19.9 Å². The highest BCUT2D eigenvalue weighted by molar-refractivity contribution is 9.10. The van der Waals surface area contributed by atoms with Gasteiger partial charge >= 0.3 is 0 Å². The van der Waals surface area contributed by atoms with E-state index in [0.29, 0.717) is 17.0 Å². The maximum atomic E-state index is 12.4. The standard InChI is InChI=1S/C17H18BrNO.ClH/c1-11(2)16(19)13-4-3-5-14(10-13)17(20)12-6-8-15(18)9-7-12;/h3-11,16H,19H2,1-2H3;1H/t16-;/m0./s1. The van der Waals surface area contributed by atoms with Gasteiger partial charge in [-0.05, 0) is 41.8 Å². The molecule has 2 rings (SSSR count). The molecule has 0 unspecified atom stereocenters. The van der Waals surface area contributed by atoms with Gasteiger partial charge in [-0.3, -0.25) is 4.79 Å². The highest BCUT2D eigenvalue weighted by Crippen LogP contribution is 2.21. The second-order valence-corrected chi connectivity index (χ2v) is 6.15. The molecule has 0 spiro atoms. The van der Waals surface area contributed by atoms with E-state index in [4.69, 9.17) is 5.73 Å². The highest BCUT2D eigenvalue weighted by atomic mass is 79.9. The van der Waals surface area contributed by atoms with Gasteiger partial charge in [-0.2, -0.15) is 0 Å². The van der Waals surface area contributed by atoms with Gasteiger partial charge in [0.05, 0.1) is 0 Å². The van der Waals surface area contributed by atoms with Crippen LogP contribution < -0.4 is 5.73 Å². The third-order valence-corrected chi connectivity index (χ3v) is 3.89. The fraction of sp³-hybridized carbons (Fsp3) is 0.235. The first-order valence-electron chi connectivity index (χ1n) is 6.65. The van der Waals surface area contributed by atoms with Crippen LogP contribution in [0.4, 0.5) is 0 Å². The monoisotopic (exact) mass is 367 g/mol. The lowest BCUT2D eigenvalue weighted by Crippen LogP contribution is -2.17. The van der Waals surface area contributed by atoms with E-state index in [2.05, 4.69) is 29.8 Å². The van der Waals surface area contributed by atoms with Crippen LogP contribution in [0.2, 0.25) is 0 Å². The van der Waals surface area contributed by atoms with Crippen molar-refractivity contribution >= 4 is 34.1 Å². The number of carbonyl (C=O) groups excluding carboxylic acids is 1. The zero-order chi connectivity index (χ0) is 14.7. The van der Waals surface area contributed by atoms with Gasteiger partial charge in [0.2, 0.25) is 0 Å². The fourth-order valence-electron chi connectivity index (χ4n) is 2.04. The summed E-state index contributed by atoms with van der Waals surface area (Å²) in [6.07, 6.45) is 0. The predicted octanol–water partition coefficient (Wildman–Crippen LogP) is 4.76. The Morgan fingerprint density at radius 2 is 1.67 bits per heavy atom. The zero-order valence-corrected chi connectivity index (χ0v) is 14.4. The van der Waals surface area contributed by atoms with Gasteiger partial charge in [0.25, 0.3) is 0 Å². The molecular weight excluding hydrogens is 350 g/mol. The summed E-state index contributed by atoms with van der Waals surface area (Å²) in [7, 11) is 0. The summed E-state index contributed by atoms with van der Waals surface area (Å²) < 4.78 is 0.963. The SMILES string of the molecule is CC(C)[C@H](N)c1cccc(C(=O)c2ccc(Br)cc2)c1.Cl. The van der Waals surface area contributed by atoms with E-state index in [1.807, 2.05) is 48.5 Å². The fourth-order valence-corrected chi connectivity index (χ4v) is 2.30. The molecule has 0 aromatic heterocycles. The molecule has 0 bridgehead atoms. The van der Waals surface area contributed by atoms with Crippen molar-refractivity contribution in [3.63, 3.8) is 0 Å². The van der Waals surface area contributed by atoms with Gasteiger partial charge in [-0.25, -0.2) is 0 Å². The van der Waals surface area contributed by atoms with Crippen LogP contribution >= 0.6 is 28.3 Å². The molecule has 0 fully saturated rings. The number of benzene rings is 2. The Hall–Kier alpha value is -1.16. The number of carbonyl (C=O) groups is 1. The van der Waals surface area contributed by atoms with Crippen LogP contribution in [0.15, 0.2) is 53.0 Å². The van der Waals surface area contributed by atoms with E-state index in [1.54, 1.807) is 0 Å². The molecule has 0 aliphatic rings. The minimum atomic E-state index is -0.0485. The summed E-state index contributed by atoms with van der Waals surface area (Å²) in [4.78, 5) is 12.4. The Kier molecular flexibility index (Phi) is 6.59. The minimum Gasteiger partial charge on any atom is -0.324 e. The van der Waals surface area contributed by atoms with Crippen molar-refractivity contribution in [2.75, 3.05) is 0 Å². The van der Waals surface area contributed by atoms with Crippen molar-refractivity contribution in [3.05, 3.63) is 69.7 Å². The van der Waals surface area contributed by atoms with E-state index >= 15 is 0 Å². The zero-order valence-electron chi connectivity index (χ0n) is 12.0. The van der Waals surface area contributed by atoms with Gasteiger partial charge < -0.3 is 5.73 Å². The lowest BCUT2D eigenvalue weighted by atomic mass is 9.94. The number of hydrogen-bond acceptors (Lipinski definition) is 2. The van der Waals surface area contributed by atoms with Gasteiger partial charge in [0.15, 0.2) is 5.78 Å². The first-order chi connectivity index (χ1) is 9.49. The van der Waals surface area contributed by atoms with Crippen molar-refractivity contribution in [1.82, 2.24) is 0 Å². The van der Waals surface area contributed by atoms with Crippen molar-refractivity contribution in [1.29, 1.82) is 0 Å². The van der Waals surface area contributed by atoms with Crippen LogP contribution in [0.25, 0.3) is 0 Å². The molecule has 0 saturated carbocycles. The number of hydrogen-bond donors (Lipinski definition) is 1. The van der Waals surface area contributed by atoms with E-state index in [0.717, 1.165) is 10.0 Å². The Morgan fingerprint density at radius 1 is 1.05 bits per heavy atom. The molecule has 0 heterocycles. The lowest BCUT2D eigenvalue weighted by molar-refractivity contribution is 0.103. The molecule has 2 nitrogen and oxygen atoms in total. The summed E-state index contributed by atoms with van der Waals surface area (Å²) in [6.45, 7) is 4.15. The summed E-state index contributed by atoms with van der Waals surface area (Å²) in [6, 6.07) is 14.9. The van der Waals surface area contributed by atoms with E-state index in [9.17, 15) is 4.79 Å². The molecule has 0 saturated heterocycles. The molecule has 2 N–H and O–H groups in total. The Labute approximate surface area is 140 Å². The molecular formula is C17H19BrClNO. The van der Waals surface area contributed by atoms with Crippen LogP contribution in [0, 0.1) is 5.92 Å². The third kappa shape index (κ3) is 4.40. The average molecular weight is 369 g/mol. The normalized spacial score (nSPS) is 11.9. The maximum absolute atomic E-state index is 12.4. The van der Waals surface area contributed by atoms with Crippen LogP contribution in [0.1, 0.15) is 41.4 Å². The Morgan fingerprint density at radius 3 is 2.24 bits per heavy atom. The third-order valence-electron chi connectivity index (χ3n) is 3.36. The first kappa shape index (κ1) is 17.9. The van der Waals surface area contributed by atoms with E-state index < -0.39 is 0 Å². The summed E-state index contributed by atoms with van der Waals surface area (Å²) >= 11 is 3.37. The molecule has 0 amide bonds. The number of rotatable bonds is 4. The maximum Gasteiger partial charge on any atom is 0.193 e. The topological polar surface area (TPSA) is 43.1 Å². The number of ketones is 1. The molecule has 0 radical (unpaired) electrons. The van der Waals surface area contributed by atoms with Gasteiger partial charge in [-0.1, -0.05) is 48.0 Å². The molecule has 112 valence electrons. The van der Waals surface area contributed by atoms with Gasteiger partial charge in [-0.15, -0.1) is 12.4 Å². The van der Waals surface area contributed by atoms with E-state index in [1.165, 1.54) is 0 Å². The minimum absolute atomic E-state index is 0. The molecule has 0 aliphatic heterocycles. The number of nitrogens with two attached hydrogens (primary N) is 1. The van der Waals surface area contributed by atoms with Gasteiger partial charge in [0.1, 0.15) is 0 Å². The molecule has 2 aromatic carbocycles. The van der Waals surface area contributed by atoms with Crippen LogP contribution in [-0.2, 0) is 0 Å². The molecule has 1 atom stereocenters. The van der Waals surface area contributed by atoms with Crippen LogP contribution in [-0.4, -0.2) is 5.78 Å². The molecule has 0 aliphatic carbocycles. The first-order valence-corrected chi connectivity index (χ1v) is 7.44. The summed E-state index contributed by atoms with van der Waals surface area (Å²) in [5.74, 6) is 0.364. The Bertz CT molecular complexity index is 610. The molecule has 2 aromatic rings. The summed E-state index contributed by atoms with van der Waals surface area (Å²) in [5, 5.41) is 0. The molecule has 4 heteroatoms.